The van der Waals surface area contributed by atoms with E-state index < -0.39 is 17.7 Å². The maximum absolute atomic E-state index is 13.1. The standard InChI is InChI=1S/C26H31ClN2O4/c1-16(2)15-33-21-11-8-19(14-17(21)3)24(30)22-23(18-6-9-20(27)10-7-18)29(13-12-28(4)5)26(32)25(22)31/h6-11,14,16,23,30H,12-13,15H2,1-5H3/t23-/m0/s1. The molecular formula is C26H31ClN2O4. The Morgan fingerprint density at radius 2 is 1.82 bits per heavy atom. The first-order valence-corrected chi connectivity index (χ1v) is 11.4. The first kappa shape index (κ1) is 24.8. The van der Waals surface area contributed by atoms with Crippen LogP contribution in [0.3, 0.4) is 0 Å². The lowest BCUT2D eigenvalue weighted by molar-refractivity contribution is -0.140. The molecule has 1 fully saturated rings. The molecule has 0 radical (unpaired) electrons. The van der Waals surface area contributed by atoms with Gasteiger partial charge in [0, 0.05) is 23.7 Å². The van der Waals surface area contributed by atoms with Crippen molar-refractivity contribution in [1.82, 2.24) is 9.80 Å². The fourth-order valence-electron chi connectivity index (χ4n) is 3.78. The molecule has 6 nitrogen and oxygen atoms in total. The van der Waals surface area contributed by atoms with Crippen LogP contribution in [0.5, 0.6) is 5.75 Å². The van der Waals surface area contributed by atoms with Gasteiger partial charge in [0.1, 0.15) is 11.5 Å². The Balaban J connectivity index is 2.06. The van der Waals surface area contributed by atoms with Gasteiger partial charge in [-0.05, 0) is 68.4 Å². The number of hydrogen-bond acceptors (Lipinski definition) is 5. The van der Waals surface area contributed by atoms with E-state index in [4.69, 9.17) is 16.3 Å². The molecule has 1 aliphatic rings. The molecule has 1 saturated heterocycles. The second kappa shape index (κ2) is 10.4. The highest BCUT2D eigenvalue weighted by Crippen LogP contribution is 2.40. The van der Waals surface area contributed by atoms with Gasteiger partial charge in [0.25, 0.3) is 11.7 Å². The molecule has 0 spiro atoms. The number of hydrogen-bond donors (Lipinski definition) is 1. The fraction of sp³-hybridized carbons (Fsp3) is 0.385. The van der Waals surface area contributed by atoms with Crippen molar-refractivity contribution in [2.24, 2.45) is 5.92 Å². The van der Waals surface area contributed by atoms with Crippen LogP contribution < -0.4 is 4.74 Å². The molecule has 33 heavy (non-hydrogen) atoms. The number of likely N-dealkylation sites (N-methyl/N-ethyl adjacent to an activating group) is 1. The highest BCUT2D eigenvalue weighted by molar-refractivity contribution is 6.46. The van der Waals surface area contributed by atoms with Gasteiger partial charge in [-0.1, -0.05) is 37.6 Å². The molecule has 2 aromatic rings. The highest BCUT2D eigenvalue weighted by atomic mass is 35.5. The van der Waals surface area contributed by atoms with Crippen LogP contribution in [0.4, 0.5) is 0 Å². The van der Waals surface area contributed by atoms with E-state index in [9.17, 15) is 14.7 Å². The third kappa shape index (κ3) is 5.57. The van der Waals surface area contributed by atoms with Gasteiger partial charge in [-0.2, -0.15) is 0 Å². The number of halogens is 1. The fourth-order valence-corrected chi connectivity index (χ4v) is 3.91. The van der Waals surface area contributed by atoms with Crippen molar-refractivity contribution in [3.05, 3.63) is 69.8 Å². The van der Waals surface area contributed by atoms with E-state index in [2.05, 4.69) is 13.8 Å². The van der Waals surface area contributed by atoms with Crippen LogP contribution in [0.2, 0.25) is 5.02 Å². The van der Waals surface area contributed by atoms with Crippen molar-refractivity contribution in [3.63, 3.8) is 0 Å². The summed E-state index contributed by atoms with van der Waals surface area (Å²) >= 11 is 6.06. The summed E-state index contributed by atoms with van der Waals surface area (Å²) < 4.78 is 5.83. The number of aryl methyl sites for hydroxylation is 1. The lowest BCUT2D eigenvalue weighted by Gasteiger charge is -2.26. The summed E-state index contributed by atoms with van der Waals surface area (Å²) in [6, 6.07) is 11.6. The number of aliphatic hydroxyl groups is 1. The van der Waals surface area contributed by atoms with Crippen LogP contribution >= 0.6 is 11.6 Å². The van der Waals surface area contributed by atoms with Crippen LogP contribution in [0, 0.1) is 12.8 Å². The Labute approximate surface area is 200 Å². The van der Waals surface area contributed by atoms with E-state index >= 15 is 0 Å². The molecule has 7 heteroatoms. The first-order valence-electron chi connectivity index (χ1n) is 11.0. The average Bonchev–Trinajstić information content (AvgIpc) is 3.01. The highest BCUT2D eigenvalue weighted by Gasteiger charge is 2.45. The molecule has 2 aromatic carbocycles. The van der Waals surface area contributed by atoms with E-state index in [0.717, 1.165) is 11.3 Å². The Kier molecular flexibility index (Phi) is 7.82. The molecule has 0 unspecified atom stereocenters. The van der Waals surface area contributed by atoms with Crippen LogP contribution in [0.1, 0.15) is 36.6 Å². The van der Waals surface area contributed by atoms with Gasteiger partial charge in [-0.3, -0.25) is 9.59 Å². The molecule has 0 saturated carbocycles. The minimum absolute atomic E-state index is 0.0799. The molecule has 0 aliphatic carbocycles. The minimum atomic E-state index is -0.695. The number of rotatable bonds is 8. The third-order valence-corrected chi connectivity index (χ3v) is 5.79. The van der Waals surface area contributed by atoms with Crippen LogP contribution in [-0.4, -0.2) is 60.4 Å². The number of carbonyl (C=O) groups is 2. The lowest BCUT2D eigenvalue weighted by Crippen LogP contribution is -2.35. The number of likely N-dealkylation sites (tertiary alicyclic amines) is 1. The Bertz CT molecular complexity index is 1060. The quantitative estimate of drug-likeness (QED) is 0.345. The average molecular weight is 471 g/mol. The second-order valence-electron chi connectivity index (χ2n) is 9.03. The maximum Gasteiger partial charge on any atom is 0.295 e. The summed E-state index contributed by atoms with van der Waals surface area (Å²) in [7, 11) is 3.80. The van der Waals surface area contributed by atoms with Gasteiger partial charge in [-0.25, -0.2) is 0 Å². The summed E-state index contributed by atoms with van der Waals surface area (Å²) in [6.07, 6.45) is 0. The summed E-state index contributed by atoms with van der Waals surface area (Å²) in [5, 5.41) is 11.8. The van der Waals surface area contributed by atoms with Crippen LogP contribution in [0.25, 0.3) is 5.76 Å². The predicted molar refractivity (Wildman–Crippen MR) is 131 cm³/mol. The number of ether oxygens (including phenoxy) is 1. The Morgan fingerprint density at radius 3 is 2.39 bits per heavy atom. The van der Waals surface area contributed by atoms with Gasteiger partial charge in [0.05, 0.1) is 18.2 Å². The SMILES string of the molecule is Cc1cc(C(O)=C2C(=O)C(=O)N(CCN(C)C)[C@H]2c2ccc(Cl)cc2)ccc1OCC(C)C. The van der Waals surface area contributed by atoms with Gasteiger partial charge in [0.15, 0.2) is 0 Å². The summed E-state index contributed by atoms with van der Waals surface area (Å²) in [6.45, 7) is 7.54. The molecule has 1 aliphatic heterocycles. The molecule has 1 heterocycles. The van der Waals surface area contributed by atoms with Gasteiger partial charge in [0.2, 0.25) is 0 Å². The number of carbonyl (C=O) groups excluding carboxylic acids is 2. The number of ketones is 1. The molecule has 1 amide bonds. The predicted octanol–water partition coefficient (Wildman–Crippen LogP) is 4.67. The van der Waals surface area contributed by atoms with Crippen molar-refractivity contribution >= 4 is 29.1 Å². The lowest BCUT2D eigenvalue weighted by atomic mass is 9.95. The number of Topliss-reactive ketones (excluding diaryl/α,β-unsaturated/α-hetero) is 1. The molecule has 0 aromatic heterocycles. The van der Waals surface area contributed by atoms with E-state index in [1.54, 1.807) is 42.5 Å². The van der Waals surface area contributed by atoms with E-state index in [-0.39, 0.29) is 11.3 Å². The monoisotopic (exact) mass is 470 g/mol. The van der Waals surface area contributed by atoms with Crippen molar-refractivity contribution in [2.45, 2.75) is 26.8 Å². The Hall–Kier alpha value is -2.83. The summed E-state index contributed by atoms with van der Waals surface area (Å²) in [5.74, 6) is -0.397. The largest absolute Gasteiger partial charge is 0.507 e. The summed E-state index contributed by atoms with van der Waals surface area (Å²) in [4.78, 5) is 29.5. The van der Waals surface area contributed by atoms with Gasteiger partial charge >= 0.3 is 0 Å². The van der Waals surface area contributed by atoms with Gasteiger partial charge in [-0.15, -0.1) is 0 Å². The first-order chi connectivity index (χ1) is 15.6. The van der Waals surface area contributed by atoms with Crippen molar-refractivity contribution < 1.29 is 19.4 Å². The molecule has 3 rings (SSSR count). The molecule has 1 N–H and O–H groups in total. The number of benzene rings is 2. The smallest absolute Gasteiger partial charge is 0.295 e. The zero-order chi connectivity index (χ0) is 24.3. The van der Waals surface area contributed by atoms with E-state index in [1.807, 2.05) is 25.9 Å². The molecule has 176 valence electrons. The third-order valence-electron chi connectivity index (χ3n) is 5.53. The number of amides is 1. The zero-order valence-corrected chi connectivity index (χ0v) is 20.5. The van der Waals surface area contributed by atoms with Crippen molar-refractivity contribution in [1.29, 1.82) is 0 Å². The van der Waals surface area contributed by atoms with Crippen molar-refractivity contribution in [3.8, 4) is 5.75 Å². The van der Waals surface area contributed by atoms with Crippen LogP contribution in [-0.2, 0) is 9.59 Å². The zero-order valence-electron chi connectivity index (χ0n) is 19.8. The van der Waals surface area contributed by atoms with Crippen LogP contribution in [0.15, 0.2) is 48.0 Å². The minimum Gasteiger partial charge on any atom is -0.507 e. The second-order valence-corrected chi connectivity index (χ2v) is 9.47. The van der Waals surface area contributed by atoms with E-state index in [1.165, 1.54) is 4.90 Å². The van der Waals surface area contributed by atoms with E-state index in [0.29, 0.717) is 41.8 Å². The van der Waals surface area contributed by atoms with Gasteiger partial charge < -0.3 is 19.6 Å². The maximum atomic E-state index is 13.1. The molecule has 1 atom stereocenters. The number of aliphatic hydroxyl groups excluding tert-OH is 1. The summed E-state index contributed by atoms with van der Waals surface area (Å²) in [5.41, 5.74) is 2.10. The normalized spacial score (nSPS) is 17.9. The topological polar surface area (TPSA) is 70.1 Å². The van der Waals surface area contributed by atoms with Crippen molar-refractivity contribution in [2.75, 3.05) is 33.8 Å². The molecule has 0 bridgehead atoms. The Morgan fingerprint density at radius 1 is 1.15 bits per heavy atom. The molecular weight excluding hydrogens is 440 g/mol. The number of nitrogens with zero attached hydrogens (tertiary/aromatic N) is 2.